The summed E-state index contributed by atoms with van der Waals surface area (Å²) >= 11 is 6.26. The number of halogens is 1. The number of nitrogens with one attached hydrogen (secondary N) is 2. The summed E-state index contributed by atoms with van der Waals surface area (Å²) in [6.07, 6.45) is 4.60. The summed E-state index contributed by atoms with van der Waals surface area (Å²) in [5, 5.41) is 7.60. The summed E-state index contributed by atoms with van der Waals surface area (Å²) in [5.41, 5.74) is 1.24. The van der Waals surface area contributed by atoms with Gasteiger partial charge in [-0.25, -0.2) is 0 Å². The normalized spacial score (nSPS) is 21.1. The minimum absolute atomic E-state index is 0.263. The lowest BCUT2D eigenvalue weighted by Gasteiger charge is -2.27. The van der Waals surface area contributed by atoms with Crippen LogP contribution in [-0.2, 0) is 9.47 Å². The highest BCUT2D eigenvalue weighted by molar-refractivity contribution is 6.30. The van der Waals surface area contributed by atoms with Crippen molar-refractivity contribution in [1.82, 2.24) is 15.5 Å². The molecule has 0 saturated carbocycles. The van der Waals surface area contributed by atoms with Gasteiger partial charge in [-0.2, -0.15) is 0 Å². The van der Waals surface area contributed by atoms with Crippen molar-refractivity contribution in [3.05, 3.63) is 34.9 Å². The van der Waals surface area contributed by atoms with Crippen molar-refractivity contribution in [2.24, 2.45) is 10.9 Å². The van der Waals surface area contributed by atoms with Crippen LogP contribution in [0.25, 0.3) is 0 Å². The molecule has 168 valence electrons. The monoisotopic (exact) mass is 436 g/mol. The lowest BCUT2D eigenvalue weighted by molar-refractivity contribution is 0.0888. The molecular formula is C23H37ClN4O2. The zero-order valence-corrected chi connectivity index (χ0v) is 19.0. The van der Waals surface area contributed by atoms with E-state index in [1.54, 1.807) is 0 Å². The number of benzene rings is 1. The quantitative estimate of drug-likeness (QED) is 0.316. The van der Waals surface area contributed by atoms with Gasteiger partial charge in [-0.3, -0.25) is 9.89 Å². The highest BCUT2D eigenvalue weighted by atomic mass is 35.5. The molecular weight excluding hydrogens is 400 g/mol. The molecule has 0 aromatic heterocycles. The first-order valence-corrected chi connectivity index (χ1v) is 11.8. The molecule has 0 spiro atoms. The Morgan fingerprint density at radius 3 is 2.93 bits per heavy atom. The van der Waals surface area contributed by atoms with Crippen molar-refractivity contribution in [2.45, 2.75) is 38.6 Å². The molecule has 1 aromatic carbocycles. The summed E-state index contributed by atoms with van der Waals surface area (Å²) < 4.78 is 11.2. The number of hydrogen-bond donors (Lipinski definition) is 2. The Morgan fingerprint density at radius 1 is 1.33 bits per heavy atom. The summed E-state index contributed by atoms with van der Waals surface area (Å²) in [6.45, 7) is 10.1. The molecule has 30 heavy (non-hydrogen) atoms. The molecule has 3 rings (SSSR count). The Kier molecular flexibility index (Phi) is 10.2. The lowest BCUT2D eigenvalue weighted by Crippen LogP contribution is -2.39. The molecule has 2 N–H and O–H groups in total. The fourth-order valence-electron chi connectivity index (χ4n) is 4.06. The van der Waals surface area contributed by atoms with Gasteiger partial charge in [0, 0.05) is 37.2 Å². The third kappa shape index (κ3) is 7.73. The highest BCUT2D eigenvalue weighted by Crippen LogP contribution is 2.27. The first kappa shape index (κ1) is 23.3. The van der Waals surface area contributed by atoms with Gasteiger partial charge in [0.05, 0.1) is 25.8 Å². The van der Waals surface area contributed by atoms with Gasteiger partial charge in [0.25, 0.3) is 0 Å². The van der Waals surface area contributed by atoms with Crippen molar-refractivity contribution in [1.29, 1.82) is 0 Å². The van der Waals surface area contributed by atoms with Gasteiger partial charge in [0.1, 0.15) is 0 Å². The summed E-state index contributed by atoms with van der Waals surface area (Å²) in [6, 6.07) is 8.47. The van der Waals surface area contributed by atoms with Crippen molar-refractivity contribution >= 4 is 17.6 Å². The summed E-state index contributed by atoms with van der Waals surface area (Å²) in [4.78, 5) is 7.42. The van der Waals surface area contributed by atoms with E-state index < -0.39 is 0 Å². The number of hydrogen-bond acceptors (Lipinski definition) is 4. The van der Waals surface area contributed by atoms with Gasteiger partial charge in [-0.05, 0) is 63.4 Å². The van der Waals surface area contributed by atoms with Gasteiger partial charge < -0.3 is 20.1 Å². The average molecular weight is 437 g/mol. The van der Waals surface area contributed by atoms with Crippen LogP contribution in [0.5, 0.6) is 0 Å². The van der Waals surface area contributed by atoms with Crippen molar-refractivity contribution in [3.63, 3.8) is 0 Å². The number of nitrogens with zero attached hydrogens (tertiary/aromatic N) is 2. The van der Waals surface area contributed by atoms with E-state index >= 15 is 0 Å². The Labute approximate surface area is 186 Å². The Hall–Kier alpha value is -1.34. The van der Waals surface area contributed by atoms with E-state index in [1.807, 2.05) is 12.1 Å². The predicted octanol–water partition coefficient (Wildman–Crippen LogP) is 3.48. The van der Waals surface area contributed by atoms with Gasteiger partial charge >= 0.3 is 0 Å². The third-order valence-corrected chi connectivity index (χ3v) is 5.95. The van der Waals surface area contributed by atoms with Crippen LogP contribution < -0.4 is 10.6 Å². The Bertz CT molecular complexity index is 646. The second kappa shape index (κ2) is 13.2. The van der Waals surface area contributed by atoms with Gasteiger partial charge in [0.15, 0.2) is 5.96 Å². The van der Waals surface area contributed by atoms with Gasteiger partial charge in [-0.1, -0.05) is 23.7 Å². The molecule has 6 nitrogen and oxygen atoms in total. The van der Waals surface area contributed by atoms with Crippen LogP contribution in [0, 0.1) is 5.92 Å². The van der Waals surface area contributed by atoms with Crippen LogP contribution >= 0.6 is 11.6 Å². The van der Waals surface area contributed by atoms with Crippen LogP contribution in [0.1, 0.15) is 44.2 Å². The smallest absolute Gasteiger partial charge is 0.191 e. The number of aliphatic imine (C=N–C) groups is 1. The predicted molar refractivity (Wildman–Crippen MR) is 123 cm³/mol. The van der Waals surface area contributed by atoms with Gasteiger partial charge in [0.2, 0.25) is 0 Å². The van der Waals surface area contributed by atoms with E-state index in [9.17, 15) is 0 Å². The minimum Gasteiger partial charge on any atom is -0.381 e. The van der Waals surface area contributed by atoms with Crippen molar-refractivity contribution < 1.29 is 9.47 Å². The van der Waals surface area contributed by atoms with Crippen molar-refractivity contribution in [3.8, 4) is 0 Å². The minimum atomic E-state index is 0.263. The molecule has 2 fully saturated rings. The summed E-state index contributed by atoms with van der Waals surface area (Å²) in [7, 11) is 0. The van der Waals surface area contributed by atoms with E-state index in [4.69, 9.17) is 26.1 Å². The largest absolute Gasteiger partial charge is 0.381 e. The van der Waals surface area contributed by atoms with Crippen LogP contribution in [0.15, 0.2) is 29.3 Å². The zero-order valence-electron chi connectivity index (χ0n) is 18.2. The molecule has 0 bridgehead atoms. The van der Waals surface area contributed by atoms with Crippen LogP contribution in [0.4, 0.5) is 0 Å². The molecule has 2 aliphatic heterocycles. The van der Waals surface area contributed by atoms with Crippen LogP contribution in [0.2, 0.25) is 5.02 Å². The Morgan fingerprint density at radius 2 is 2.20 bits per heavy atom. The molecule has 2 unspecified atom stereocenters. The number of guanidine groups is 1. The SMILES string of the molecule is CCNC(=NCC(c1cccc(Cl)c1)N1CCCC1)NCCCOCC1CCOC1. The summed E-state index contributed by atoms with van der Waals surface area (Å²) in [5.74, 6) is 1.44. The standard InChI is InChI=1S/C23H37ClN4O2/c1-2-25-23(26-10-6-13-29-17-19-9-14-30-18-19)27-16-22(28-11-3-4-12-28)20-7-5-8-21(24)15-20/h5,7-8,15,19,22H,2-4,6,9-14,16-18H2,1H3,(H2,25,26,27). The maximum atomic E-state index is 6.26. The second-order valence-electron chi connectivity index (χ2n) is 8.12. The maximum Gasteiger partial charge on any atom is 0.191 e. The van der Waals surface area contributed by atoms with Crippen LogP contribution in [0.3, 0.4) is 0 Å². The molecule has 0 amide bonds. The van der Waals surface area contributed by atoms with E-state index in [0.29, 0.717) is 12.5 Å². The molecule has 0 radical (unpaired) electrons. The third-order valence-electron chi connectivity index (χ3n) is 5.72. The van der Waals surface area contributed by atoms with E-state index in [-0.39, 0.29) is 6.04 Å². The number of rotatable bonds is 11. The first-order valence-electron chi connectivity index (χ1n) is 11.4. The Balaban J connectivity index is 1.48. The molecule has 2 saturated heterocycles. The molecule has 7 heteroatoms. The lowest BCUT2D eigenvalue weighted by atomic mass is 10.1. The number of ether oxygens (including phenoxy) is 2. The fourth-order valence-corrected chi connectivity index (χ4v) is 4.26. The highest BCUT2D eigenvalue weighted by Gasteiger charge is 2.23. The molecule has 2 aliphatic rings. The van der Waals surface area contributed by atoms with Crippen LogP contribution in [-0.4, -0.2) is 70.0 Å². The van der Waals surface area contributed by atoms with E-state index in [0.717, 1.165) is 76.4 Å². The topological polar surface area (TPSA) is 58.1 Å². The average Bonchev–Trinajstić information content (AvgIpc) is 3.45. The van der Waals surface area contributed by atoms with Crippen molar-refractivity contribution in [2.75, 3.05) is 59.2 Å². The zero-order chi connectivity index (χ0) is 21.0. The number of likely N-dealkylation sites (tertiary alicyclic amines) is 1. The second-order valence-corrected chi connectivity index (χ2v) is 8.55. The fraction of sp³-hybridized carbons (Fsp3) is 0.696. The molecule has 2 atom stereocenters. The molecule has 1 aromatic rings. The van der Waals surface area contributed by atoms with Gasteiger partial charge in [-0.15, -0.1) is 0 Å². The molecule has 0 aliphatic carbocycles. The molecule has 2 heterocycles. The van der Waals surface area contributed by atoms with E-state index in [1.165, 1.54) is 18.4 Å². The van der Waals surface area contributed by atoms with E-state index in [2.05, 4.69) is 34.6 Å². The first-order chi connectivity index (χ1) is 14.8. The maximum absolute atomic E-state index is 6.26.